The summed E-state index contributed by atoms with van der Waals surface area (Å²) >= 11 is 20.7. The number of hydrogen-bond acceptors (Lipinski definition) is 2. The Morgan fingerprint density at radius 1 is 1.11 bits per heavy atom. The molecule has 0 rings (SSSR count). The molecular formula is C3HCl4NO. The number of rotatable bonds is 1. The van der Waals surface area contributed by atoms with Crippen molar-refractivity contribution in [3.8, 4) is 0 Å². The van der Waals surface area contributed by atoms with Crippen molar-refractivity contribution in [2.24, 2.45) is 5.16 Å². The van der Waals surface area contributed by atoms with Gasteiger partial charge in [0, 0.05) is 0 Å². The first kappa shape index (κ1) is 9.37. The van der Waals surface area contributed by atoms with E-state index in [9.17, 15) is 0 Å². The highest BCUT2D eigenvalue weighted by Gasteiger charge is 2.04. The minimum Gasteiger partial charge on any atom is -0.410 e. The predicted molar refractivity (Wildman–Crippen MR) is 39.7 cm³/mol. The van der Waals surface area contributed by atoms with Gasteiger partial charge in [0.05, 0.1) is 0 Å². The van der Waals surface area contributed by atoms with Crippen molar-refractivity contribution in [1.82, 2.24) is 0 Å². The van der Waals surface area contributed by atoms with Crippen LogP contribution in [0.15, 0.2) is 14.7 Å². The second kappa shape index (κ2) is 4.23. The normalized spacial score (nSPS) is 11.3. The highest BCUT2D eigenvalue weighted by Crippen LogP contribution is 2.20. The van der Waals surface area contributed by atoms with Crippen LogP contribution in [0, 0.1) is 0 Å². The zero-order valence-electron chi connectivity index (χ0n) is 3.91. The summed E-state index contributed by atoms with van der Waals surface area (Å²) in [5, 5.41) is 9.99. The van der Waals surface area contributed by atoms with Gasteiger partial charge >= 0.3 is 0 Å². The minimum atomic E-state index is -0.336. The zero-order chi connectivity index (χ0) is 7.44. The van der Waals surface area contributed by atoms with Crippen LogP contribution in [0.4, 0.5) is 0 Å². The van der Waals surface area contributed by atoms with Crippen LogP contribution in [0.3, 0.4) is 0 Å². The molecular weight excluding hydrogens is 208 g/mol. The summed E-state index contributed by atoms with van der Waals surface area (Å²) in [5.41, 5.74) is 0. The Morgan fingerprint density at radius 3 is 1.67 bits per heavy atom. The summed E-state index contributed by atoms with van der Waals surface area (Å²) in [7, 11) is 0. The van der Waals surface area contributed by atoms with Gasteiger partial charge in [-0.1, -0.05) is 51.6 Å². The lowest BCUT2D eigenvalue weighted by atomic mass is 10.7. The summed E-state index contributed by atoms with van der Waals surface area (Å²) in [6.45, 7) is 0. The molecule has 1 N–H and O–H groups in total. The topological polar surface area (TPSA) is 32.6 Å². The summed E-state index contributed by atoms with van der Waals surface area (Å²) in [6, 6.07) is 0. The average molecular weight is 209 g/mol. The third kappa shape index (κ3) is 3.16. The van der Waals surface area contributed by atoms with Crippen LogP contribution in [0.5, 0.6) is 0 Å². The van der Waals surface area contributed by atoms with Gasteiger partial charge in [0.15, 0.2) is 5.17 Å². The van der Waals surface area contributed by atoms with Crippen molar-refractivity contribution < 1.29 is 5.21 Å². The average Bonchev–Trinajstić information content (AvgIpc) is 1.84. The Labute approximate surface area is 71.6 Å². The van der Waals surface area contributed by atoms with Gasteiger partial charge in [0.1, 0.15) is 9.52 Å². The molecule has 52 valence electrons. The Hall–Kier alpha value is 0.370. The van der Waals surface area contributed by atoms with Crippen LogP contribution >= 0.6 is 46.4 Å². The molecule has 0 heterocycles. The van der Waals surface area contributed by atoms with Gasteiger partial charge in [-0.25, -0.2) is 0 Å². The van der Waals surface area contributed by atoms with Gasteiger partial charge < -0.3 is 5.21 Å². The number of nitrogens with zero attached hydrogens (tertiary/aromatic N) is 1. The van der Waals surface area contributed by atoms with Crippen LogP contribution in [-0.4, -0.2) is 10.4 Å². The van der Waals surface area contributed by atoms with Crippen LogP contribution in [0.1, 0.15) is 0 Å². The van der Waals surface area contributed by atoms with Gasteiger partial charge in [-0.05, 0) is 0 Å². The number of hydrogen-bond donors (Lipinski definition) is 1. The van der Waals surface area contributed by atoms with Gasteiger partial charge in [0.25, 0.3) is 0 Å². The van der Waals surface area contributed by atoms with E-state index in [0.29, 0.717) is 0 Å². The molecule has 0 bridgehead atoms. The van der Waals surface area contributed by atoms with Gasteiger partial charge in [-0.2, -0.15) is 0 Å². The van der Waals surface area contributed by atoms with Crippen LogP contribution < -0.4 is 0 Å². The molecule has 0 atom stereocenters. The van der Waals surface area contributed by atoms with E-state index in [1.807, 2.05) is 0 Å². The van der Waals surface area contributed by atoms with E-state index in [-0.39, 0.29) is 14.7 Å². The minimum absolute atomic E-state index is 0.178. The van der Waals surface area contributed by atoms with Crippen molar-refractivity contribution in [2.45, 2.75) is 0 Å². The summed E-state index contributed by atoms with van der Waals surface area (Å²) < 4.78 is -0.237. The molecule has 0 radical (unpaired) electrons. The first-order valence-corrected chi connectivity index (χ1v) is 3.19. The molecule has 0 saturated heterocycles. The fourth-order valence-corrected chi connectivity index (χ4v) is 0.530. The molecule has 0 aliphatic carbocycles. The first-order chi connectivity index (χ1) is 4.09. The zero-order valence-corrected chi connectivity index (χ0v) is 6.93. The van der Waals surface area contributed by atoms with Crippen molar-refractivity contribution in [2.75, 3.05) is 0 Å². The maximum absolute atomic E-state index is 7.97. The molecule has 2 nitrogen and oxygen atoms in total. The van der Waals surface area contributed by atoms with Crippen LogP contribution in [0.25, 0.3) is 0 Å². The number of allylic oxidation sites excluding steroid dienone is 1. The highest BCUT2D eigenvalue weighted by atomic mass is 35.5. The quantitative estimate of drug-likeness (QED) is 0.401. The maximum Gasteiger partial charge on any atom is 0.189 e. The Balaban J connectivity index is 4.40. The third-order valence-electron chi connectivity index (χ3n) is 0.435. The summed E-state index contributed by atoms with van der Waals surface area (Å²) in [6.07, 6.45) is 0. The lowest BCUT2D eigenvalue weighted by Crippen LogP contribution is -1.85. The molecule has 0 aromatic carbocycles. The van der Waals surface area contributed by atoms with Crippen molar-refractivity contribution in [3.63, 3.8) is 0 Å². The molecule has 0 aliphatic rings. The Bertz CT molecular complexity index is 159. The third-order valence-corrected chi connectivity index (χ3v) is 1.74. The fourth-order valence-electron chi connectivity index (χ4n) is 0.122. The Morgan fingerprint density at radius 2 is 1.56 bits per heavy atom. The molecule has 0 aromatic heterocycles. The lowest BCUT2D eigenvalue weighted by molar-refractivity contribution is 0.321. The number of halogens is 4. The summed E-state index contributed by atoms with van der Waals surface area (Å²) in [5.74, 6) is 0. The van der Waals surface area contributed by atoms with E-state index in [2.05, 4.69) is 5.16 Å². The largest absolute Gasteiger partial charge is 0.410 e. The first-order valence-electron chi connectivity index (χ1n) is 1.68. The second-order valence-corrected chi connectivity index (χ2v) is 2.65. The van der Waals surface area contributed by atoms with E-state index in [0.717, 1.165) is 0 Å². The van der Waals surface area contributed by atoms with Crippen LogP contribution in [-0.2, 0) is 0 Å². The lowest BCUT2D eigenvalue weighted by Gasteiger charge is -1.89. The van der Waals surface area contributed by atoms with E-state index >= 15 is 0 Å². The maximum atomic E-state index is 7.97. The van der Waals surface area contributed by atoms with Crippen molar-refractivity contribution in [1.29, 1.82) is 0 Å². The smallest absolute Gasteiger partial charge is 0.189 e. The summed E-state index contributed by atoms with van der Waals surface area (Å²) in [4.78, 5) is 0. The predicted octanol–water partition coefficient (Wildman–Crippen LogP) is 2.90. The van der Waals surface area contributed by atoms with Crippen LogP contribution in [0.2, 0.25) is 0 Å². The molecule has 0 fully saturated rings. The SMILES string of the molecule is O/N=C(\Cl)C(Cl)=C(Cl)Cl. The van der Waals surface area contributed by atoms with Crippen molar-refractivity contribution >= 4 is 51.6 Å². The van der Waals surface area contributed by atoms with E-state index in [1.54, 1.807) is 0 Å². The van der Waals surface area contributed by atoms with Crippen molar-refractivity contribution in [3.05, 3.63) is 9.52 Å². The van der Waals surface area contributed by atoms with E-state index in [1.165, 1.54) is 0 Å². The van der Waals surface area contributed by atoms with E-state index in [4.69, 9.17) is 51.6 Å². The fraction of sp³-hybridized carbons (Fsp3) is 0. The van der Waals surface area contributed by atoms with Gasteiger partial charge in [-0.3, -0.25) is 0 Å². The monoisotopic (exact) mass is 207 g/mol. The number of oxime groups is 1. The highest BCUT2D eigenvalue weighted by molar-refractivity contribution is 6.78. The standard InChI is InChI=1S/C3HCl4NO/c4-1(2(5)6)3(7)8-9/h9H/b8-3-. The molecule has 0 aromatic rings. The molecule has 0 spiro atoms. The van der Waals surface area contributed by atoms with E-state index < -0.39 is 0 Å². The second-order valence-electron chi connectivity index (χ2n) is 0.965. The molecule has 0 unspecified atom stereocenters. The molecule has 9 heavy (non-hydrogen) atoms. The molecule has 0 amide bonds. The molecule has 0 aliphatic heterocycles. The van der Waals surface area contributed by atoms with Gasteiger partial charge in [0.2, 0.25) is 0 Å². The molecule has 6 heteroatoms. The molecule has 0 saturated carbocycles. The van der Waals surface area contributed by atoms with Gasteiger partial charge in [-0.15, -0.1) is 0 Å². The Kier molecular flexibility index (Phi) is 4.40.